The molecule has 0 fully saturated rings. The van der Waals surface area contributed by atoms with E-state index in [1.807, 2.05) is 156 Å². The lowest BCUT2D eigenvalue weighted by Crippen LogP contribution is -2.01. The van der Waals surface area contributed by atoms with Crippen molar-refractivity contribution in [2.75, 3.05) is 0 Å². The first kappa shape index (κ1) is 64.9. The first-order valence-corrected chi connectivity index (χ1v) is 37.9. The number of thiophene rings is 2. The van der Waals surface area contributed by atoms with Crippen LogP contribution in [-0.2, 0) is 0 Å². The number of hydrogen-bond acceptors (Lipinski definition) is 10. The molecule has 12 heteroatoms. The minimum absolute atomic E-state index is 0.512. The molecule has 0 atom stereocenters. The van der Waals surface area contributed by atoms with Gasteiger partial charge in [-0.2, -0.15) is 10.5 Å². The van der Waals surface area contributed by atoms with E-state index in [2.05, 4.69) is 234 Å². The van der Waals surface area contributed by atoms with E-state index >= 15 is 0 Å². The monoisotopic (exact) mass is 1440 g/mol. The van der Waals surface area contributed by atoms with E-state index < -0.39 is 0 Å². The van der Waals surface area contributed by atoms with E-state index in [1.165, 1.54) is 78.9 Å². The van der Waals surface area contributed by atoms with E-state index in [9.17, 15) is 10.5 Å². The normalized spacial score (nSPS) is 11.4. The van der Waals surface area contributed by atoms with Gasteiger partial charge in [-0.1, -0.05) is 249 Å². The standard InChI is InChI=1S/C52H31N5S.C46H27N5S/c53-32-33-12-9-17-38(28-33)51-54-50(35-15-5-2-6-16-35)55-52(56-51)39-18-10-19-40(29-39)57-46-26-24-36(34-13-3-1-4-14-34)30-44(46)45-31-37(25-27-47(45)57)41-21-11-22-43-42-20-7-8-23-48(42)58-49(41)43;47-28-29-21-23-40-38(25-29)39-27-32(35-18-10-19-37-36-17-7-8-20-42(36)52-43(35)37)22-24-41(39)51(40)34-16-9-15-33(26-34)46-49-44(30-11-3-1-4-12-30)48-45(50-46)31-13-5-2-6-14-31/h1-31H;1-27H. The van der Waals surface area contributed by atoms with Crippen LogP contribution in [0.15, 0.2) is 352 Å². The molecule has 10 nitrogen and oxygen atoms in total. The van der Waals surface area contributed by atoms with Crippen molar-refractivity contribution < 1.29 is 0 Å². The minimum atomic E-state index is 0.512. The van der Waals surface area contributed by atoms with E-state index in [4.69, 9.17) is 29.9 Å². The van der Waals surface area contributed by atoms with Crippen molar-refractivity contribution >= 4 is 107 Å². The summed E-state index contributed by atoms with van der Waals surface area (Å²) in [6, 6.07) is 126. The highest BCUT2D eigenvalue weighted by Crippen LogP contribution is 2.46. The van der Waals surface area contributed by atoms with Crippen LogP contribution in [0.2, 0.25) is 0 Å². The second-order valence-electron chi connectivity index (χ2n) is 27.1. The third-order valence-electron chi connectivity index (χ3n) is 20.5. The number of benzene rings is 15. The van der Waals surface area contributed by atoms with Crippen molar-refractivity contribution in [2.24, 2.45) is 0 Å². The molecule has 21 rings (SSSR count). The minimum Gasteiger partial charge on any atom is -0.309 e. The van der Waals surface area contributed by atoms with Crippen LogP contribution in [0, 0.1) is 22.7 Å². The Labute approximate surface area is 640 Å². The Bertz CT molecular complexity index is 7260. The van der Waals surface area contributed by atoms with Crippen molar-refractivity contribution in [1.29, 1.82) is 10.5 Å². The van der Waals surface area contributed by atoms with Crippen LogP contribution in [0.1, 0.15) is 11.1 Å². The number of fused-ring (bicyclic) bond motifs is 12. The van der Waals surface area contributed by atoms with Crippen LogP contribution >= 0.6 is 22.7 Å². The second kappa shape index (κ2) is 27.4. The summed E-state index contributed by atoms with van der Waals surface area (Å²) in [7, 11) is 0. The number of rotatable bonds is 11. The average Bonchev–Trinajstić information content (AvgIpc) is 1.58. The van der Waals surface area contributed by atoms with Gasteiger partial charge in [0, 0.05) is 107 Å². The number of nitriles is 2. The Balaban J connectivity index is 0.000000145. The first-order chi connectivity index (χ1) is 54.4. The highest BCUT2D eigenvalue weighted by molar-refractivity contribution is 7.26. The maximum atomic E-state index is 9.91. The third-order valence-corrected chi connectivity index (χ3v) is 23.0. The van der Waals surface area contributed by atoms with Gasteiger partial charge < -0.3 is 9.13 Å². The highest BCUT2D eigenvalue weighted by Gasteiger charge is 2.22. The summed E-state index contributed by atoms with van der Waals surface area (Å²) >= 11 is 3.69. The number of aromatic nitrogens is 8. The molecule has 21 aromatic rings. The maximum absolute atomic E-state index is 9.91. The fourth-order valence-electron chi connectivity index (χ4n) is 15.4. The van der Waals surface area contributed by atoms with Gasteiger partial charge in [0.2, 0.25) is 0 Å². The summed E-state index contributed by atoms with van der Waals surface area (Å²) in [5.41, 5.74) is 19.8. The Hall–Kier alpha value is -14.7. The van der Waals surface area contributed by atoms with Crippen LogP contribution in [0.25, 0.3) is 197 Å². The molecule has 0 amide bonds. The van der Waals surface area contributed by atoms with Gasteiger partial charge in [-0.3, -0.25) is 0 Å². The first-order valence-electron chi connectivity index (χ1n) is 36.2. The molecule has 6 aromatic heterocycles. The smallest absolute Gasteiger partial charge is 0.164 e. The Morgan fingerprint density at radius 2 is 0.536 bits per heavy atom. The molecule has 0 aliphatic carbocycles. The largest absolute Gasteiger partial charge is 0.309 e. The summed E-state index contributed by atoms with van der Waals surface area (Å²) in [6.07, 6.45) is 0. The zero-order valence-electron chi connectivity index (χ0n) is 58.8. The highest BCUT2D eigenvalue weighted by atomic mass is 32.1. The van der Waals surface area contributed by atoms with Gasteiger partial charge in [0.25, 0.3) is 0 Å². The van der Waals surface area contributed by atoms with Crippen LogP contribution in [0.3, 0.4) is 0 Å². The summed E-state index contributed by atoms with van der Waals surface area (Å²) in [4.78, 5) is 29.8. The van der Waals surface area contributed by atoms with E-state index in [1.54, 1.807) is 6.07 Å². The van der Waals surface area contributed by atoms with Gasteiger partial charge in [-0.25, -0.2) is 29.9 Å². The Morgan fingerprint density at radius 3 is 0.973 bits per heavy atom. The van der Waals surface area contributed by atoms with Gasteiger partial charge in [-0.05, 0) is 137 Å². The van der Waals surface area contributed by atoms with Gasteiger partial charge in [-0.15, -0.1) is 22.7 Å². The molecule has 0 saturated heterocycles. The van der Waals surface area contributed by atoms with Gasteiger partial charge in [0.1, 0.15) is 0 Å². The predicted molar refractivity (Wildman–Crippen MR) is 452 cm³/mol. The molecule has 512 valence electrons. The Kier molecular flexibility index (Phi) is 16.1. The SMILES string of the molecule is N#Cc1ccc2c(c1)c1cc(-c3cccc4c3sc3ccccc34)ccc1n2-c1cccc(-c2nc(-c3ccccc3)nc(-c3ccccc3)n2)c1.N#Cc1cccc(-c2nc(-c3ccccc3)nc(-c3cccc(-n4c5ccc(-c6ccccc6)cc5c5cc(-c6cccc7c6sc6ccccc67)ccc54)c3)n2)c1. The molecule has 0 spiro atoms. The zero-order chi connectivity index (χ0) is 73.2. The maximum Gasteiger partial charge on any atom is 0.164 e. The molecule has 0 radical (unpaired) electrons. The topological polar surface area (TPSA) is 135 Å². The summed E-state index contributed by atoms with van der Waals surface area (Å²) in [5.74, 6) is 3.48. The summed E-state index contributed by atoms with van der Waals surface area (Å²) in [6.45, 7) is 0. The molecular formula is C98H58N10S2. The predicted octanol–water partition coefficient (Wildman–Crippen LogP) is 25.4. The van der Waals surface area contributed by atoms with Crippen LogP contribution in [0.5, 0.6) is 0 Å². The van der Waals surface area contributed by atoms with Gasteiger partial charge in [0.05, 0.1) is 45.3 Å². The van der Waals surface area contributed by atoms with E-state index in [-0.39, 0.29) is 0 Å². The Morgan fingerprint density at radius 1 is 0.218 bits per heavy atom. The van der Waals surface area contributed by atoms with Crippen molar-refractivity contribution in [3.05, 3.63) is 363 Å². The third kappa shape index (κ3) is 11.7. The van der Waals surface area contributed by atoms with E-state index in [0.29, 0.717) is 46.1 Å². The van der Waals surface area contributed by atoms with Crippen molar-refractivity contribution in [2.45, 2.75) is 0 Å². The lowest BCUT2D eigenvalue weighted by molar-refractivity contribution is 1.07. The van der Waals surface area contributed by atoms with Gasteiger partial charge in [0.15, 0.2) is 34.9 Å². The number of nitrogens with zero attached hydrogens (tertiary/aromatic N) is 10. The fourth-order valence-corrected chi connectivity index (χ4v) is 17.8. The van der Waals surface area contributed by atoms with Crippen LogP contribution in [-0.4, -0.2) is 39.0 Å². The fraction of sp³-hybridized carbons (Fsp3) is 0. The average molecular weight is 1440 g/mol. The quantitative estimate of drug-likeness (QED) is 0.125. The summed E-state index contributed by atoms with van der Waals surface area (Å²) < 4.78 is 9.78. The molecule has 0 unspecified atom stereocenters. The van der Waals surface area contributed by atoms with Crippen molar-refractivity contribution in [3.8, 4) is 125 Å². The summed E-state index contributed by atoms with van der Waals surface area (Å²) in [5, 5.41) is 29.2. The van der Waals surface area contributed by atoms with Crippen LogP contribution < -0.4 is 0 Å². The molecule has 110 heavy (non-hydrogen) atoms. The molecular weight excluding hydrogens is 1380 g/mol. The molecule has 0 N–H and O–H groups in total. The zero-order valence-corrected chi connectivity index (χ0v) is 60.4. The van der Waals surface area contributed by atoms with Crippen LogP contribution in [0.4, 0.5) is 0 Å². The molecule has 0 aliphatic heterocycles. The molecule has 15 aromatic carbocycles. The number of hydrogen-bond donors (Lipinski definition) is 0. The van der Waals surface area contributed by atoms with Crippen molar-refractivity contribution in [1.82, 2.24) is 39.0 Å². The lowest BCUT2D eigenvalue weighted by atomic mass is 9.99. The van der Waals surface area contributed by atoms with E-state index in [0.717, 1.165) is 83.2 Å². The second-order valence-corrected chi connectivity index (χ2v) is 29.2. The van der Waals surface area contributed by atoms with Crippen molar-refractivity contribution in [3.63, 3.8) is 0 Å². The molecule has 0 bridgehead atoms. The lowest BCUT2D eigenvalue weighted by Gasteiger charge is -2.12. The molecule has 0 aliphatic rings. The molecule has 6 heterocycles. The van der Waals surface area contributed by atoms with Gasteiger partial charge >= 0.3 is 0 Å². The molecule has 0 saturated carbocycles.